The Labute approximate surface area is 433 Å². The van der Waals surface area contributed by atoms with E-state index in [4.69, 9.17) is 18.1 Å². The molecule has 0 aromatic carbocycles. The largest absolute Gasteiger partial charge is 1.00 e. The minimum Gasteiger partial charge on any atom is -1.00 e. The fraction of sp³-hybridized carbons (Fsp3) is 1.00. The Morgan fingerprint density at radius 1 is 0.171 bits per heavy atom. The number of rotatable bonds is 16. The molecule has 0 atom stereocenters. The normalized spacial score (nSPS) is 29.6. The van der Waals surface area contributed by atoms with Crippen LogP contribution in [0.5, 0.6) is 0 Å². The van der Waals surface area contributed by atoms with Gasteiger partial charge in [-0.1, -0.05) is 0 Å². The van der Waals surface area contributed by atoms with Gasteiger partial charge in [0.15, 0.2) is 0 Å². The van der Waals surface area contributed by atoms with Crippen LogP contribution in [0.1, 0.15) is 154 Å². The minimum absolute atomic E-state index is 0. The summed E-state index contributed by atoms with van der Waals surface area (Å²) < 4.78 is 66.4. The summed E-state index contributed by atoms with van der Waals surface area (Å²) >= 11 is 0. The molecule has 22 heteroatoms. The molecule has 0 spiro atoms. The van der Waals surface area contributed by atoms with Gasteiger partial charge in [0.25, 0.3) is 0 Å². The van der Waals surface area contributed by atoms with E-state index >= 15 is 0 Å². The maximum absolute atomic E-state index is 7.43. The lowest BCUT2D eigenvalue weighted by Gasteiger charge is -2.48. The highest BCUT2D eigenvalue weighted by Crippen LogP contribution is 2.89. The van der Waals surface area contributed by atoms with Gasteiger partial charge < -0.3 is 12.4 Å². The molecular formula is C48H96ClN16P5. The first-order valence-electron chi connectivity index (χ1n) is 29.6. The van der Waals surface area contributed by atoms with Gasteiger partial charge in [-0.05, 0) is 172 Å². The van der Waals surface area contributed by atoms with Gasteiger partial charge in [-0.25, -0.2) is 56.0 Å². The van der Waals surface area contributed by atoms with Crippen LogP contribution in [0.4, 0.5) is 0 Å². The van der Waals surface area contributed by atoms with Gasteiger partial charge in [-0.3, -0.25) is 0 Å². The zero-order valence-corrected chi connectivity index (χ0v) is 48.9. The van der Waals surface area contributed by atoms with Crippen LogP contribution < -0.4 is 12.4 Å². The molecule has 0 aromatic rings. The summed E-state index contributed by atoms with van der Waals surface area (Å²) in [6.07, 6.45) is 31.0. The molecule has 12 aliphatic heterocycles. The SMILES string of the molecule is C1CCN(P(=N[P+](N=P(N2CCCC2)(N2CCCC2)N2CCCC2)(N=P(N2CCCC2)(N2CCCC2)N2CCCC2)N=P(N2CCCC2)(N2CCCC2)N2CCCC2)(N2CCCC2)N2CCCC2)C1.[Cl-]. The summed E-state index contributed by atoms with van der Waals surface area (Å²) in [6, 6.07) is 0. The Morgan fingerprint density at radius 3 is 0.343 bits per heavy atom. The summed E-state index contributed by atoms with van der Waals surface area (Å²) in [4.78, 5) is 0. The van der Waals surface area contributed by atoms with Crippen LogP contribution >= 0.6 is 37.9 Å². The Balaban J connectivity index is 0.00000533. The first kappa shape index (κ1) is 53.2. The molecule has 12 heterocycles. The van der Waals surface area contributed by atoms with Crippen molar-refractivity contribution in [3.05, 3.63) is 0 Å². The van der Waals surface area contributed by atoms with Crippen molar-refractivity contribution in [2.24, 2.45) is 18.1 Å². The summed E-state index contributed by atoms with van der Waals surface area (Å²) in [5.41, 5.74) is 0. The van der Waals surface area contributed by atoms with Gasteiger partial charge in [0, 0.05) is 157 Å². The van der Waals surface area contributed by atoms with Crippen LogP contribution in [0.2, 0.25) is 0 Å². The van der Waals surface area contributed by atoms with E-state index in [1.807, 2.05) is 0 Å². The third kappa shape index (κ3) is 9.79. The van der Waals surface area contributed by atoms with E-state index in [1.165, 1.54) is 311 Å². The number of nitrogens with zero attached hydrogens (tertiary/aromatic N) is 16. The molecule has 12 fully saturated rings. The van der Waals surface area contributed by atoms with Crippen molar-refractivity contribution in [3.8, 4) is 0 Å². The average molecular weight is 1090 g/mol. The van der Waals surface area contributed by atoms with Gasteiger partial charge in [0.05, 0.1) is 0 Å². The molecule has 0 aromatic heterocycles. The standard InChI is InChI=1S/C48H96N16P5.ClH/c1-2-26-53(25-1)66(54-27-3-4-28-54,55-29-5-6-30-55)49-65(50-67(56-31-7-8-32-56,57-33-9-10-34-57)58-35-11-12-36-58,51-68(59-37-13-14-38-59,60-39-15-16-40-60)61-41-17-18-42-61)52-69(62-43-19-20-44-62,63-45-21-22-46-63)64-47-23-24-48-64;/h1-48H2;1H/q+1;/p-1. The van der Waals surface area contributed by atoms with Crippen molar-refractivity contribution in [3.63, 3.8) is 0 Å². The summed E-state index contributed by atoms with van der Waals surface area (Å²) in [5, 5.41) is 0. The van der Waals surface area contributed by atoms with Gasteiger partial charge >= 0.3 is 7.87 Å². The summed E-state index contributed by atoms with van der Waals surface area (Å²) in [6.45, 7) is 28.1. The molecule has 12 rings (SSSR count). The molecule has 0 bridgehead atoms. The molecule has 400 valence electrons. The zero-order chi connectivity index (χ0) is 46.2. The Kier molecular flexibility index (Phi) is 18.0. The lowest BCUT2D eigenvalue weighted by molar-refractivity contribution is -0.0000157. The first-order valence-corrected chi connectivity index (χ1v) is 37.6. The molecule has 0 unspecified atom stereocenters. The van der Waals surface area contributed by atoms with Crippen LogP contribution in [0.25, 0.3) is 0 Å². The van der Waals surface area contributed by atoms with Crippen molar-refractivity contribution < 1.29 is 12.4 Å². The molecular weight excluding hydrogens is 991 g/mol. The lowest BCUT2D eigenvalue weighted by Crippen LogP contribution is -3.00. The lowest BCUT2D eigenvalue weighted by atomic mass is 10.4. The van der Waals surface area contributed by atoms with Crippen molar-refractivity contribution in [1.29, 1.82) is 0 Å². The van der Waals surface area contributed by atoms with Crippen LogP contribution in [-0.2, 0) is 0 Å². The predicted octanol–water partition coefficient (Wildman–Crippen LogP) is 8.60. The molecule has 0 radical (unpaired) electrons. The molecule has 70 heavy (non-hydrogen) atoms. The van der Waals surface area contributed by atoms with E-state index < -0.39 is 37.9 Å². The Bertz CT molecular complexity index is 1470. The van der Waals surface area contributed by atoms with Crippen LogP contribution in [0.15, 0.2) is 18.1 Å². The van der Waals surface area contributed by atoms with Gasteiger partial charge in [0.1, 0.15) is 0 Å². The number of hydrogen-bond acceptors (Lipinski definition) is 4. The third-order valence-electron chi connectivity index (χ3n) is 18.5. The highest BCUT2D eigenvalue weighted by molar-refractivity contribution is 7.88. The number of hydrogen-bond donors (Lipinski definition) is 0. The smallest absolute Gasteiger partial charge is 0.502 e. The first-order chi connectivity index (χ1) is 34.1. The second kappa shape index (κ2) is 23.6. The topological polar surface area (TPSA) is 88.3 Å². The molecule has 12 aliphatic rings. The Morgan fingerprint density at radius 2 is 0.257 bits per heavy atom. The second-order valence-electron chi connectivity index (χ2n) is 23.0. The van der Waals surface area contributed by atoms with E-state index in [-0.39, 0.29) is 12.4 Å². The van der Waals surface area contributed by atoms with Gasteiger partial charge in [-0.15, -0.1) is 0 Å². The van der Waals surface area contributed by atoms with Gasteiger partial charge in [-0.2, -0.15) is 0 Å². The maximum Gasteiger partial charge on any atom is 0.502 e. The monoisotopic (exact) mass is 1090 g/mol. The van der Waals surface area contributed by atoms with Crippen molar-refractivity contribution >= 4 is 37.9 Å². The van der Waals surface area contributed by atoms with E-state index in [0.29, 0.717) is 0 Å². The molecule has 0 aliphatic carbocycles. The molecule has 12 saturated heterocycles. The van der Waals surface area contributed by atoms with Crippen LogP contribution in [0.3, 0.4) is 0 Å². The average Bonchev–Trinajstić information content (AvgIpc) is 4.22. The summed E-state index contributed by atoms with van der Waals surface area (Å²) in [5.74, 6) is 0. The quantitative estimate of drug-likeness (QED) is 0.139. The highest BCUT2D eigenvalue weighted by atomic mass is 35.5. The summed E-state index contributed by atoms with van der Waals surface area (Å²) in [7, 11) is -13.5. The van der Waals surface area contributed by atoms with E-state index in [0.717, 1.165) is 0 Å². The zero-order valence-electron chi connectivity index (χ0n) is 43.7. The molecule has 0 saturated carbocycles. The van der Waals surface area contributed by atoms with E-state index in [9.17, 15) is 0 Å². The van der Waals surface area contributed by atoms with Crippen LogP contribution in [-0.4, -0.2) is 213 Å². The molecule has 0 N–H and O–H groups in total. The molecule has 0 amide bonds. The fourth-order valence-corrected chi connectivity index (χ4v) is 42.7. The molecule has 16 nitrogen and oxygen atoms in total. The third-order valence-corrected chi connectivity index (χ3v) is 40.1. The fourth-order valence-electron chi connectivity index (χ4n) is 15.2. The Hall–Kier alpha value is 1.16. The second-order valence-corrected chi connectivity index (χ2v) is 38.0. The van der Waals surface area contributed by atoms with Crippen molar-refractivity contribution in [2.75, 3.05) is 157 Å². The maximum atomic E-state index is 7.43. The predicted molar refractivity (Wildman–Crippen MR) is 294 cm³/mol. The van der Waals surface area contributed by atoms with E-state index in [1.54, 1.807) is 0 Å². The number of halogens is 1. The van der Waals surface area contributed by atoms with Crippen LogP contribution in [0, 0.1) is 0 Å². The van der Waals surface area contributed by atoms with E-state index in [2.05, 4.69) is 56.0 Å². The van der Waals surface area contributed by atoms with Gasteiger partial charge in [0.2, 0.25) is 30.0 Å². The van der Waals surface area contributed by atoms with Crippen molar-refractivity contribution in [2.45, 2.75) is 154 Å². The minimum atomic E-state index is -3.41. The highest BCUT2D eigenvalue weighted by Gasteiger charge is 2.63. The van der Waals surface area contributed by atoms with Crippen molar-refractivity contribution in [1.82, 2.24) is 56.0 Å².